The van der Waals surface area contributed by atoms with Crippen molar-refractivity contribution in [1.82, 2.24) is 4.98 Å². The van der Waals surface area contributed by atoms with Crippen molar-refractivity contribution in [2.75, 3.05) is 6.54 Å². The van der Waals surface area contributed by atoms with Gasteiger partial charge in [0.2, 0.25) is 0 Å². The van der Waals surface area contributed by atoms with Gasteiger partial charge >= 0.3 is 0 Å². The Morgan fingerprint density at radius 2 is 1.80 bits per heavy atom. The second kappa shape index (κ2) is 6.62. The third-order valence-electron chi connectivity index (χ3n) is 2.16. The molecule has 1 aromatic heterocycles. The molecule has 0 aliphatic carbocycles. The van der Waals surface area contributed by atoms with E-state index in [9.17, 15) is 0 Å². The van der Waals surface area contributed by atoms with Crippen LogP contribution in [0.2, 0.25) is 0 Å². The molecule has 4 heteroatoms. The Labute approximate surface area is 102 Å². The van der Waals surface area contributed by atoms with Crippen molar-refractivity contribution in [3.63, 3.8) is 0 Å². The van der Waals surface area contributed by atoms with Gasteiger partial charge in [-0.25, -0.2) is 0 Å². The molecule has 0 aliphatic heterocycles. The van der Waals surface area contributed by atoms with Gasteiger partial charge in [0.1, 0.15) is 0 Å². The van der Waals surface area contributed by atoms with Crippen LogP contribution in [0, 0.1) is 0 Å². The minimum absolute atomic E-state index is 0. The van der Waals surface area contributed by atoms with Gasteiger partial charge in [-0.05, 0) is 23.9 Å². The molecular formula is C11H14Cl2N2. The fourth-order valence-corrected chi connectivity index (χ4v) is 1.53. The van der Waals surface area contributed by atoms with Crippen molar-refractivity contribution >= 4 is 35.6 Å². The molecule has 0 fully saturated rings. The zero-order chi connectivity index (χ0) is 9.10. The highest BCUT2D eigenvalue weighted by Gasteiger charge is 1.98. The molecule has 0 atom stereocenters. The molecule has 0 bridgehead atoms. The van der Waals surface area contributed by atoms with Crippen LogP contribution in [0.15, 0.2) is 36.7 Å². The lowest BCUT2D eigenvalue weighted by atomic mass is 10.1. The summed E-state index contributed by atoms with van der Waals surface area (Å²) in [5.41, 5.74) is 6.76. The van der Waals surface area contributed by atoms with E-state index in [0.717, 1.165) is 6.42 Å². The summed E-state index contributed by atoms with van der Waals surface area (Å²) in [5.74, 6) is 0. The topological polar surface area (TPSA) is 38.9 Å². The van der Waals surface area contributed by atoms with Gasteiger partial charge in [-0.1, -0.05) is 24.3 Å². The fourth-order valence-electron chi connectivity index (χ4n) is 1.53. The summed E-state index contributed by atoms with van der Waals surface area (Å²) in [5, 5.41) is 2.46. The quantitative estimate of drug-likeness (QED) is 0.883. The summed E-state index contributed by atoms with van der Waals surface area (Å²) in [6.07, 6.45) is 4.68. The molecule has 2 rings (SSSR count). The molecule has 1 aromatic carbocycles. The Balaban J connectivity index is 0.000000980. The second-order valence-corrected chi connectivity index (χ2v) is 3.06. The number of nitrogens with zero attached hydrogens (tertiary/aromatic N) is 1. The van der Waals surface area contributed by atoms with Gasteiger partial charge in [0.15, 0.2) is 0 Å². The van der Waals surface area contributed by atoms with E-state index < -0.39 is 0 Å². The van der Waals surface area contributed by atoms with Crippen LogP contribution in [0.1, 0.15) is 5.56 Å². The standard InChI is InChI=1S/C11H12N2.2ClH/c12-6-5-10-8-13-7-9-3-1-2-4-11(9)10;;/h1-4,7-8H,5-6,12H2;2*1H. The SMILES string of the molecule is Cl.Cl.NCCc1cncc2ccccc12. The largest absolute Gasteiger partial charge is 0.330 e. The molecule has 0 amide bonds. The lowest BCUT2D eigenvalue weighted by Gasteiger charge is -2.03. The first-order chi connectivity index (χ1) is 6.42. The molecule has 0 saturated heterocycles. The number of hydrogen-bond acceptors (Lipinski definition) is 2. The highest BCUT2D eigenvalue weighted by atomic mass is 35.5. The second-order valence-electron chi connectivity index (χ2n) is 3.06. The number of benzene rings is 1. The Morgan fingerprint density at radius 1 is 1.07 bits per heavy atom. The molecule has 0 aliphatic rings. The van der Waals surface area contributed by atoms with Crippen LogP contribution in [-0.2, 0) is 6.42 Å². The minimum atomic E-state index is 0. The fraction of sp³-hybridized carbons (Fsp3) is 0.182. The molecule has 2 nitrogen and oxygen atoms in total. The first kappa shape index (κ1) is 14.2. The number of nitrogens with two attached hydrogens (primary N) is 1. The molecule has 2 aromatic rings. The number of aromatic nitrogens is 1. The van der Waals surface area contributed by atoms with E-state index in [1.807, 2.05) is 24.5 Å². The lowest BCUT2D eigenvalue weighted by Crippen LogP contribution is -2.03. The van der Waals surface area contributed by atoms with Crippen LogP contribution in [0.25, 0.3) is 10.8 Å². The van der Waals surface area contributed by atoms with Crippen LogP contribution in [0.4, 0.5) is 0 Å². The Bertz CT molecular complexity index is 413. The van der Waals surface area contributed by atoms with Crippen molar-refractivity contribution in [3.8, 4) is 0 Å². The van der Waals surface area contributed by atoms with Crippen molar-refractivity contribution in [1.29, 1.82) is 0 Å². The summed E-state index contributed by atoms with van der Waals surface area (Å²) in [6.45, 7) is 0.676. The number of halogens is 2. The van der Waals surface area contributed by atoms with Gasteiger partial charge in [-0.3, -0.25) is 4.98 Å². The van der Waals surface area contributed by atoms with E-state index >= 15 is 0 Å². The normalized spacial score (nSPS) is 9.13. The van der Waals surface area contributed by atoms with Gasteiger partial charge in [-0.2, -0.15) is 0 Å². The maximum absolute atomic E-state index is 5.52. The monoisotopic (exact) mass is 244 g/mol. The van der Waals surface area contributed by atoms with Gasteiger partial charge in [0.05, 0.1) is 0 Å². The summed E-state index contributed by atoms with van der Waals surface area (Å²) in [6, 6.07) is 8.25. The van der Waals surface area contributed by atoms with Crippen molar-refractivity contribution in [2.24, 2.45) is 5.73 Å². The maximum atomic E-state index is 5.52. The maximum Gasteiger partial charge on any atom is 0.0346 e. The van der Waals surface area contributed by atoms with E-state index in [0.29, 0.717) is 6.54 Å². The highest BCUT2D eigenvalue weighted by Crippen LogP contribution is 2.16. The van der Waals surface area contributed by atoms with Crippen LogP contribution in [-0.4, -0.2) is 11.5 Å². The molecule has 0 unspecified atom stereocenters. The van der Waals surface area contributed by atoms with E-state index in [1.165, 1.54) is 16.3 Å². The molecule has 0 radical (unpaired) electrons. The zero-order valence-electron chi connectivity index (χ0n) is 8.22. The summed E-state index contributed by atoms with van der Waals surface area (Å²) < 4.78 is 0. The average molecular weight is 245 g/mol. The summed E-state index contributed by atoms with van der Waals surface area (Å²) >= 11 is 0. The van der Waals surface area contributed by atoms with E-state index in [2.05, 4.69) is 17.1 Å². The molecule has 82 valence electrons. The van der Waals surface area contributed by atoms with Gasteiger partial charge in [0, 0.05) is 17.8 Å². The van der Waals surface area contributed by atoms with Gasteiger partial charge < -0.3 is 5.73 Å². The molecule has 0 spiro atoms. The summed E-state index contributed by atoms with van der Waals surface area (Å²) in [7, 11) is 0. The van der Waals surface area contributed by atoms with Crippen LogP contribution in [0.5, 0.6) is 0 Å². The predicted molar refractivity (Wildman–Crippen MR) is 69.0 cm³/mol. The van der Waals surface area contributed by atoms with Crippen LogP contribution < -0.4 is 5.73 Å². The van der Waals surface area contributed by atoms with E-state index in [1.54, 1.807) is 0 Å². The third-order valence-corrected chi connectivity index (χ3v) is 2.16. The summed E-state index contributed by atoms with van der Waals surface area (Å²) in [4.78, 5) is 4.18. The molecule has 1 heterocycles. The molecule has 0 saturated carbocycles. The zero-order valence-corrected chi connectivity index (χ0v) is 9.85. The van der Waals surface area contributed by atoms with Gasteiger partial charge in [0.25, 0.3) is 0 Å². The number of fused-ring (bicyclic) bond motifs is 1. The van der Waals surface area contributed by atoms with Crippen LogP contribution >= 0.6 is 24.8 Å². The number of hydrogen-bond donors (Lipinski definition) is 1. The smallest absolute Gasteiger partial charge is 0.0346 e. The van der Waals surface area contributed by atoms with Crippen LogP contribution in [0.3, 0.4) is 0 Å². The first-order valence-corrected chi connectivity index (χ1v) is 4.43. The number of rotatable bonds is 2. The first-order valence-electron chi connectivity index (χ1n) is 4.43. The molecule has 15 heavy (non-hydrogen) atoms. The molecule has 2 N–H and O–H groups in total. The predicted octanol–water partition coefficient (Wildman–Crippen LogP) is 2.58. The lowest BCUT2D eigenvalue weighted by molar-refractivity contribution is 0.969. The van der Waals surface area contributed by atoms with Crippen molar-refractivity contribution in [3.05, 3.63) is 42.2 Å². The van der Waals surface area contributed by atoms with Gasteiger partial charge in [-0.15, -0.1) is 24.8 Å². The highest BCUT2D eigenvalue weighted by molar-refractivity contribution is 5.86. The van der Waals surface area contributed by atoms with Crippen molar-refractivity contribution in [2.45, 2.75) is 6.42 Å². The Hall–Kier alpha value is -0.830. The Kier molecular flexibility index (Phi) is 6.25. The average Bonchev–Trinajstić information content (AvgIpc) is 2.19. The van der Waals surface area contributed by atoms with E-state index in [4.69, 9.17) is 5.73 Å². The Morgan fingerprint density at radius 3 is 2.53 bits per heavy atom. The van der Waals surface area contributed by atoms with Crippen molar-refractivity contribution < 1.29 is 0 Å². The molecular weight excluding hydrogens is 231 g/mol. The minimum Gasteiger partial charge on any atom is -0.330 e. The third kappa shape index (κ3) is 3.06. The number of pyridine rings is 1. The van der Waals surface area contributed by atoms with E-state index in [-0.39, 0.29) is 24.8 Å².